The standard InChI is InChI=1S/C21H23FN4O3/c1-28-21-24-17-13-16(22)18(25-9-11-29-12-10-25)14-19(17)26(21)20(27)23-8-7-15-5-3-2-4-6-15/h2-6,13-14H,7-12H2,1H3,(H,23,27). The van der Waals surface area contributed by atoms with E-state index in [-0.39, 0.29) is 17.9 Å². The highest BCUT2D eigenvalue weighted by molar-refractivity contribution is 5.92. The van der Waals surface area contributed by atoms with Crippen LogP contribution in [0.4, 0.5) is 14.9 Å². The number of amides is 1. The van der Waals surface area contributed by atoms with Crippen LogP contribution in [-0.4, -0.2) is 55.5 Å². The van der Waals surface area contributed by atoms with Gasteiger partial charge in [0.2, 0.25) is 0 Å². The third-order valence-electron chi connectivity index (χ3n) is 4.96. The van der Waals surface area contributed by atoms with Crippen molar-refractivity contribution in [2.75, 3.05) is 44.9 Å². The molecule has 2 heterocycles. The minimum Gasteiger partial charge on any atom is -0.468 e. The van der Waals surface area contributed by atoms with E-state index in [0.29, 0.717) is 56.0 Å². The van der Waals surface area contributed by atoms with Crippen molar-refractivity contribution in [1.82, 2.24) is 14.9 Å². The number of nitrogens with zero attached hydrogens (tertiary/aromatic N) is 3. The number of ether oxygens (including phenoxy) is 2. The van der Waals surface area contributed by atoms with Gasteiger partial charge in [-0.1, -0.05) is 30.3 Å². The number of hydrogen-bond donors (Lipinski definition) is 1. The molecular weight excluding hydrogens is 375 g/mol. The van der Waals surface area contributed by atoms with Crippen LogP contribution in [0.25, 0.3) is 11.0 Å². The van der Waals surface area contributed by atoms with Gasteiger partial charge in [0, 0.05) is 25.7 Å². The zero-order chi connectivity index (χ0) is 20.2. The first kappa shape index (κ1) is 19.2. The van der Waals surface area contributed by atoms with Gasteiger partial charge in [0.1, 0.15) is 5.82 Å². The minimum absolute atomic E-state index is 0.121. The van der Waals surface area contributed by atoms with E-state index in [1.165, 1.54) is 17.7 Å². The van der Waals surface area contributed by atoms with Crippen molar-refractivity contribution < 1.29 is 18.7 Å². The van der Waals surface area contributed by atoms with Gasteiger partial charge >= 0.3 is 12.0 Å². The first-order valence-electron chi connectivity index (χ1n) is 9.58. The van der Waals surface area contributed by atoms with Crippen LogP contribution in [0.1, 0.15) is 5.56 Å². The van der Waals surface area contributed by atoms with E-state index in [4.69, 9.17) is 9.47 Å². The van der Waals surface area contributed by atoms with Gasteiger partial charge < -0.3 is 19.7 Å². The molecule has 1 aromatic heterocycles. The van der Waals surface area contributed by atoms with Gasteiger partial charge in [-0.05, 0) is 18.1 Å². The summed E-state index contributed by atoms with van der Waals surface area (Å²) in [6, 6.07) is 12.7. The molecule has 7 nitrogen and oxygen atoms in total. The molecule has 0 radical (unpaired) electrons. The summed E-state index contributed by atoms with van der Waals surface area (Å²) in [5.74, 6) is -0.379. The summed E-state index contributed by atoms with van der Waals surface area (Å²) in [7, 11) is 1.44. The molecular formula is C21H23FN4O3. The Balaban J connectivity index is 1.60. The lowest BCUT2D eigenvalue weighted by atomic mass is 10.1. The Hall–Kier alpha value is -3.13. The number of carbonyl (C=O) groups is 1. The maximum absolute atomic E-state index is 14.7. The highest BCUT2D eigenvalue weighted by Gasteiger charge is 2.22. The maximum Gasteiger partial charge on any atom is 0.330 e. The lowest BCUT2D eigenvalue weighted by molar-refractivity contribution is 0.122. The van der Waals surface area contributed by atoms with Gasteiger partial charge in [-0.15, -0.1) is 0 Å². The van der Waals surface area contributed by atoms with E-state index in [0.717, 1.165) is 5.56 Å². The number of carbonyl (C=O) groups excluding carboxylic acids is 1. The number of rotatable bonds is 5. The summed E-state index contributed by atoms with van der Waals surface area (Å²) >= 11 is 0. The number of anilines is 1. The fraction of sp³-hybridized carbons (Fsp3) is 0.333. The van der Waals surface area contributed by atoms with Crippen LogP contribution < -0.4 is 15.0 Å². The Bertz CT molecular complexity index is 1000. The molecule has 0 atom stereocenters. The van der Waals surface area contributed by atoms with Crippen molar-refractivity contribution >= 4 is 22.8 Å². The van der Waals surface area contributed by atoms with E-state index in [2.05, 4.69) is 10.3 Å². The van der Waals surface area contributed by atoms with Crippen molar-refractivity contribution in [3.05, 3.63) is 53.8 Å². The molecule has 1 N–H and O–H groups in total. The van der Waals surface area contributed by atoms with Crippen molar-refractivity contribution in [2.45, 2.75) is 6.42 Å². The van der Waals surface area contributed by atoms with Crippen LogP contribution in [0, 0.1) is 5.82 Å². The number of aromatic nitrogens is 2. The number of methoxy groups -OCH3 is 1. The summed E-state index contributed by atoms with van der Waals surface area (Å²) < 4.78 is 26.6. The molecule has 1 fully saturated rings. The van der Waals surface area contributed by atoms with Gasteiger partial charge in [-0.25, -0.2) is 13.8 Å². The topological polar surface area (TPSA) is 68.6 Å². The molecule has 1 aliphatic heterocycles. The van der Waals surface area contributed by atoms with Gasteiger partial charge in [-0.2, -0.15) is 4.98 Å². The summed E-state index contributed by atoms with van der Waals surface area (Å²) in [4.78, 5) is 19.0. The molecule has 29 heavy (non-hydrogen) atoms. The Labute approximate surface area is 168 Å². The highest BCUT2D eigenvalue weighted by Crippen LogP contribution is 2.29. The van der Waals surface area contributed by atoms with Gasteiger partial charge in [-0.3, -0.25) is 0 Å². The van der Waals surface area contributed by atoms with Gasteiger partial charge in [0.15, 0.2) is 0 Å². The van der Waals surface area contributed by atoms with Gasteiger partial charge in [0.25, 0.3) is 0 Å². The van der Waals surface area contributed by atoms with Gasteiger partial charge in [0.05, 0.1) is 37.0 Å². The van der Waals surface area contributed by atoms with Crippen LogP contribution in [0.2, 0.25) is 0 Å². The molecule has 0 aliphatic carbocycles. The molecule has 0 spiro atoms. The lowest BCUT2D eigenvalue weighted by Crippen LogP contribution is -2.36. The Morgan fingerprint density at radius 3 is 2.72 bits per heavy atom. The zero-order valence-electron chi connectivity index (χ0n) is 16.2. The fourth-order valence-electron chi connectivity index (χ4n) is 3.48. The fourth-order valence-corrected chi connectivity index (χ4v) is 3.48. The predicted octanol–water partition coefficient (Wildman–Crippen LogP) is 2.82. The molecule has 0 unspecified atom stereocenters. The number of halogens is 1. The lowest BCUT2D eigenvalue weighted by Gasteiger charge is -2.29. The van der Waals surface area contributed by atoms with Crippen LogP contribution >= 0.6 is 0 Å². The monoisotopic (exact) mass is 398 g/mol. The quantitative estimate of drug-likeness (QED) is 0.716. The van der Waals surface area contributed by atoms with Crippen molar-refractivity contribution in [1.29, 1.82) is 0 Å². The van der Waals surface area contributed by atoms with E-state index in [1.54, 1.807) is 6.07 Å². The summed E-state index contributed by atoms with van der Waals surface area (Å²) in [6.07, 6.45) is 0.704. The van der Waals surface area contributed by atoms with Crippen LogP contribution in [0.15, 0.2) is 42.5 Å². The molecule has 152 valence electrons. The number of nitrogens with one attached hydrogen (secondary N) is 1. The molecule has 4 rings (SSSR count). The molecule has 3 aromatic rings. The van der Waals surface area contributed by atoms with Crippen molar-refractivity contribution in [2.24, 2.45) is 0 Å². The Morgan fingerprint density at radius 1 is 1.24 bits per heavy atom. The maximum atomic E-state index is 14.7. The predicted molar refractivity (Wildman–Crippen MR) is 108 cm³/mol. The smallest absolute Gasteiger partial charge is 0.330 e. The summed E-state index contributed by atoms with van der Waals surface area (Å²) in [6.45, 7) is 2.73. The number of imidazole rings is 1. The number of hydrogen-bond acceptors (Lipinski definition) is 5. The average Bonchev–Trinajstić information content (AvgIpc) is 3.12. The molecule has 1 saturated heterocycles. The molecule has 0 bridgehead atoms. The molecule has 8 heteroatoms. The minimum atomic E-state index is -0.379. The first-order valence-corrected chi connectivity index (χ1v) is 9.58. The zero-order valence-corrected chi connectivity index (χ0v) is 16.2. The number of benzene rings is 2. The van der Waals surface area contributed by atoms with Crippen LogP contribution in [-0.2, 0) is 11.2 Å². The average molecular weight is 398 g/mol. The second kappa shape index (κ2) is 8.48. The highest BCUT2D eigenvalue weighted by atomic mass is 19.1. The second-order valence-electron chi connectivity index (χ2n) is 6.79. The van der Waals surface area contributed by atoms with Crippen molar-refractivity contribution in [3.63, 3.8) is 0 Å². The molecule has 0 saturated carbocycles. The molecule has 2 aromatic carbocycles. The van der Waals surface area contributed by atoms with E-state index >= 15 is 0 Å². The summed E-state index contributed by atoms with van der Waals surface area (Å²) in [5.41, 5.74) is 2.44. The van der Waals surface area contributed by atoms with Crippen LogP contribution in [0.5, 0.6) is 6.01 Å². The van der Waals surface area contributed by atoms with E-state index in [1.807, 2.05) is 35.2 Å². The second-order valence-corrected chi connectivity index (χ2v) is 6.79. The normalized spacial score (nSPS) is 14.2. The summed E-state index contributed by atoms with van der Waals surface area (Å²) in [5, 5.41) is 2.89. The SMILES string of the molecule is COc1nc2cc(F)c(N3CCOCC3)cc2n1C(=O)NCCc1ccccc1. The Morgan fingerprint density at radius 2 is 2.00 bits per heavy atom. The molecule has 1 aliphatic rings. The van der Waals surface area contributed by atoms with Crippen LogP contribution in [0.3, 0.4) is 0 Å². The number of morpholine rings is 1. The number of fused-ring (bicyclic) bond motifs is 1. The first-order chi connectivity index (χ1) is 14.2. The Kier molecular flexibility index (Phi) is 5.62. The van der Waals surface area contributed by atoms with E-state index in [9.17, 15) is 9.18 Å². The van der Waals surface area contributed by atoms with E-state index < -0.39 is 0 Å². The van der Waals surface area contributed by atoms with Crippen molar-refractivity contribution in [3.8, 4) is 6.01 Å². The third kappa shape index (κ3) is 4.02. The molecule has 1 amide bonds. The third-order valence-corrected chi connectivity index (χ3v) is 4.96. The largest absolute Gasteiger partial charge is 0.468 e.